The monoisotopic (exact) mass is 568 g/mol. The van der Waals surface area contributed by atoms with Gasteiger partial charge in [0.1, 0.15) is 18.1 Å². The summed E-state index contributed by atoms with van der Waals surface area (Å²) in [5.74, 6) is -4.34. The highest BCUT2D eigenvalue weighted by atomic mass is 19.4. The van der Waals surface area contributed by atoms with Crippen LogP contribution in [0.4, 0.5) is 36.6 Å². The van der Waals surface area contributed by atoms with Crippen molar-refractivity contribution < 1.29 is 35.5 Å². The molecule has 1 heterocycles. The van der Waals surface area contributed by atoms with Gasteiger partial charge < -0.3 is 11.1 Å². The number of anilines is 1. The zero-order valence-corrected chi connectivity index (χ0v) is 20.9. The van der Waals surface area contributed by atoms with Crippen molar-refractivity contribution in [2.45, 2.75) is 50.5 Å². The highest BCUT2D eigenvalue weighted by Crippen LogP contribution is 2.39. The van der Waals surface area contributed by atoms with Gasteiger partial charge in [-0.1, -0.05) is 36.4 Å². The van der Waals surface area contributed by atoms with Gasteiger partial charge in [0.15, 0.2) is 0 Å². The number of rotatable bonds is 6. The highest BCUT2D eigenvalue weighted by Gasteiger charge is 2.39. The number of carbonyl (C=O) groups is 1. The first kappa shape index (κ1) is 28.8. The molecule has 0 saturated heterocycles. The zero-order valence-electron chi connectivity index (χ0n) is 20.9. The third-order valence-corrected chi connectivity index (χ3v) is 6.48. The molecular weight excluding hydrogens is 545 g/mol. The molecule has 1 amide bonds. The van der Waals surface area contributed by atoms with Crippen molar-refractivity contribution in [3.8, 4) is 5.69 Å². The molecule has 1 aliphatic carbocycles. The molecule has 4 rings (SSSR count). The fourth-order valence-electron chi connectivity index (χ4n) is 4.67. The van der Waals surface area contributed by atoms with Gasteiger partial charge in [-0.2, -0.15) is 31.3 Å². The van der Waals surface area contributed by atoms with Gasteiger partial charge in [0.2, 0.25) is 5.91 Å². The second-order valence-corrected chi connectivity index (χ2v) is 9.46. The van der Waals surface area contributed by atoms with Gasteiger partial charge in [0.25, 0.3) is 0 Å². The predicted molar refractivity (Wildman–Crippen MR) is 133 cm³/mol. The lowest BCUT2D eigenvalue weighted by molar-refractivity contribution is -0.154. The standard InChI is InChI=1S/C27H23F7N4O2/c1-14-10-17(12-21(24(14)28)38-9-8-22(35)37-25(38)40)19(27(32,33)34)6-3-15-2-5-18-16(11-15)4-7-20(18)36-23(39)13-26(29,30)31/h2-3,5-6,8-12,19-20H,4,7,13H2,1H3,(H,36,39)(H2,35,37,40)/b6-3+. The SMILES string of the molecule is Cc1cc(C(/C=C/c2ccc3c(c2)CCC3NC(=O)CC(F)(F)F)C(F)(F)F)cc(-n2ccc(N)nc2=O)c1F. The normalized spacial score (nSPS) is 16.2. The van der Waals surface area contributed by atoms with E-state index >= 15 is 0 Å². The van der Waals surface area contributed by atoms with Crippen LogP contribution in [0.3, 0.4) is 0 Å². The Hall–Kier alpha value is -4.16. The van der Waals surface area contributed by atoms with E-state index in [2.05, 4.69) is 10.3 Å². The van der Waals surface area contributed by atoms with Crippen molar-refractivity contribution in [2.75, 3.05) is 5.73 Å². The number of nitrogens with two attached hydrogens (primary N) is 1. The van der Waals surface area contributed by atoms with Crippen LogP contribution in [0.15, 0.2) is 53.5 Å². The van der Waals surface area contributed by atoms with Crippen LogP contribution < -0.4 is 16.7 Å². The second-order valence-electron chi connectivity index (χ2n) is 9.46. The number of amides is 1. The molecule has 2 unspecified atom stereocenters. The first-order chi connectivity index (χ1) is 18.6. The lowest BCUT2D eigenvalue weighted by atomic mass is 9.94. The minimum Gasteiger partial charge on any atom is -0.383 e. The molecule has 212 valence electrons. The molecule has 2 atom stereocenters. The number of allylic oxidation sites excluding steroid dienone is 1. The molecule has 0 saturated carbocycles. The number of nitrogens with one attached hydrogen (secondary N) is 1. The molecule has 3 N–H and O–H groups in total. The molecule has 1 aliphatic rings. The molecule has 0 bridgehead atoms. The fraction of sp³-hybridized carbons (Fsp3) is 0.296. The van der Waals surface area contributed by atoms with Crippen LogP contribution in [0.5, 0.6) is 0 Å². The minimum atomic E-state index is -4.77. The number of benzene rings is 2. The van der Waals surface area contributed by atoms with Crippen molar-refractivity contribution in [3.05, 3.63) is 92.8 Å². The number of aromatic nitrogens is 2. The van der Waals surface area contributed by atoms with Crippen LogP contribution in [0, 0.1) is 12.7 Å². The first-order valence-electron chi connectivity index (χ1n) is 12.0. The van der Waals surface area contributed by atoms with Gasteiger partial charge in [-0.05, 0) is 59.7 Å². The van der Waals surface area contributed by atoms with Gasteiger partial charge in [-0.25, -0.2) is 9.18 Å². The lowest BCUT2D eigenvalue weighted by Crippen LogP contribution is -2.31. The summed E-state index contributed by atoms with van der Waals surface area (Å²) >= 11 is 0. The summed E-state index contributed by atoms with van der Waals surface area (Å²) in [4.78, 5) is 27.4. The van der Waals surface area contributed by atoms with Crippen LogP contribution in [0.25, 0.3) is 11.8 Å². The summed E-state index contributed by atoms with van der Waals surface area (Å²) < 4.78 is 95.5. The van der Waals surface area contributed by atoms with Gasteiger partial charge in [0.05, 0.1) is 17.6 Å². The first-order valence-corrected chi connectivity index (χ1v) is 12.0. The Balaban J connectivity index is 1.62. The van der Waals surface area contributed by atoms with E-state index in [1.165, 1.54) is 25.1 Å². The quantitative estimate of drug-likeness (QED) is 0.375. The third-order valence-electron chi connectivity index (χ3n) is 6.48. The summed E-state index contributed by atoms with van der Waals surface area (Å²) in [5.41, 5.74) is 5.35. The van der Waals surface area contributed by atoms with Crippen molar-refractivity contribution in [3.63, 3.8) is 0 Å². The maximum absolute atomic E-state index is 14.9. The summed E-state index contributed by atoms with van der Waals surface area (Å²) in [7, 11) is 0. The van der Waals surface area contributed by atoms with E-state index in [0.29, 0.717) is 29.5 Å². The average molecular weight is 568 g/mol. The van der Waals surface area contributed by atoms with E-state index in [1.54, 1.807) is 12.1 Å². The molecule has 0 aliphatic heterocycles. The van der Waals surface area contributed by atoms with E-state index in [1.807, 2.05) is 0 Å². The van der Waals surface area contributed by atoms with Crippen molar-refractivity contribution in [2.24, 2.45) is 0 Å². The third kappa shape index (κ3) is 6.52. The summed E-state index contributed by atoms with van der Waals surface area (Å²) in [5, 5.41) is 2.35. The largest absolute Gasteiger partial charge is 0.399 e. The van der Waals surface area contributed by atoms with Gasteiger partial charge in [0, 0.05) is 6.20 Å². The Kier molecular flexibility index (Phi) is 7.77. The second kappa shape index (κ2) is 10.8. The molecule has 40 heavy (non-hydrogen) atoms. The molecule has 3 aromatic rings. The van der Waals surface area contributed by atoms with Crippen molar-refractivity contribution in [1.82, 2.24) is 14.9 Å². The lowest BCUT2D eigenvalue weighted by Gasteiger charge is -2.20. The number of carbonyl (C=O) groups excluding carboxylic acids is 1. The number of nitrogens with zero attached hydrogens (tertiary/aromatic N) is 2. The Morgan fingerprint density at radius 3 is 2.55 bits per heavy atom. The van der Waals surface area contributed by atoms with Crippen molar-refractivity contribution in [1.29, 1.82) is 0 Å². The molecular formula is C27H23F7N4O2. The predicted octanol–water partition coefficient (Wildman–Crippen LogP) is 5.68. The number of aryl methyl sites for hydroxylation is 2. The maximum Gasteiger partial charge on any atom is 0.399 e. The van der Waals surface area contributed by atoms with E-state index in [0.717, 1.165) is 29.0 Å². The van der Waals surface area contributed by atoms with E-state index in [9.17, 15) is 40.3 Å². The number of hydrogen-bond donors (Lipinski definition) is 2. The van der Waals surface area contributed by atoms with E-state index in [-0.39, 0.29) is 16.9 Å². The number of hydrogen-bond acceptors (Lipinski definition) is 4. The Bertz CT molecular complexity index is 1530. The minimum absolute atomic E-state index is 0.116. The van der Waals surface area contributed by atoms with E-state index < -0.39 is 53.8 Å². The molecule has 6 nitrogen and oxygen atoms in total. The number of alkyl halides is 6. The van der Waals surface area contributed by atoms with Gasteiger partial charge in [-0.15, -0.1) is 0 Å². The maximum atomic E-state index is 14.9. The zero-order chi connectivity index (χ0) is 29.4. The van der Waals surface area contributed by atoms with Crippen LogP contribution in [0.2, 0.25) is 0 Å². The smallest absolute Gasteiger partial charge is 0.383 e. The molecule has 0 spiro atoms. The van der Waals surface area contributed by atoms with Crippen molar-refractivity contribution >= 4 is 17.8 Å². The number of fused-ring (bicyclic) bond motifs is 1. The summed E-state index contributed by atoms with van der Waals surface area (Å²) in [6, 6.07) is 7.23. The number of halogens is 7. The molecule has 13 heteroatoms. The molecule has 0 fully saturated rings. The van der Waals surface area contributed by atoms with Crippen LogP contribution >= 0.6 is 0 Å². The van der Waals surface area contributed by atoms with Gasteiger partial charge >= 0.3 is 18.0 Å². The molecule has 2 aromatic carbocycles. The van der Waals surface area contributed by atoms with E-state index in [4.69, 9.17) is 5.73 Å². The van der Waals surface area contributed by atoms with Crippen LogP contribution in [-0.4, -0.2) is 27.8 Å². The van der Waals surface area contributed by atoms with Crippen LogP contribution in [0.1, 0.15) is 52.6 Å². The highest BCUT2D eigenvalue weighted by molar-refractivity contribution is 5.77. The Morgan fingerprint density at radius 2 is 1.90 bits per heavy atom. The molecule has 0 radical (unpaired) electrons. The topological polar surface area (TPSA) is 90.0 Å². The fourth-order valence-corrected chi connectivity index (χ4v) is 4.67. The average Bonchev–Trinajstić information content (AvgIpc) is 3.21. The molecule has 1 aromatic heterocycles. The number of nitrogen functional groups attached to an aromatic ring is 1. The Morgan fingerprint density at radius 1 is 1.18 bits per heavy atom. The summed E-state index contributed by atoms with van der Waals surface area (Å²) in [6.07, 6.45) is -6.98. The van der Waals surface area contributed by atoms with Crippen LogP contribution in [-0.2, 0) is 11.2 Å². The van der Waals surface area contributed by atoms with Gasteiger partial charge in [-0.3, -0.25) is 9.36 Å². The summed E-state index contributed by atoms with van der Waals surface area (Å²) in [6.45, 7) is 1.28. The Labute approximate surface area is 223 Å².